The molecule has 31 heavy (non-hydrogen) atoms. The number of carbonyl (C=O) groups is 1. The van der Waals surface area contributed by atoms with Gasteiger partial charge in [-0.15, -0.1) is 0 Å². The second-order valence-corrected chi connectivity index (χ2v) is 7.61. The minimum Gasteiger partial charge on any atom is -0.348 e. The molecule has 0 radical (unpaired) electrons. The van der Waals surface area contributed by atoms with Crippen molar-refractivity contribution in [2.24, 2.45) is 0 Å². The summed E-state index contributed by atoms with van der Waals surface area (Å²) in [6, 6.07) is 12.2. The van der Waals surface area contributed by atoms with Crippen molar-refractivity contribution in [3.63, 3.8) is 0 Å². The number of rotatable bonds is 8. The van der Waals surface area contributed by atoms with Crippen LogP contribution in [0.25, 0.3) is 16.8 Å². The van der Waals surface area contributed by atoms with Gasteiger partial charge in [-0.2, -0.15) is 13.2 Å². The molecule has 0 saturated heterocycles. The van der Waals surface area contributed by atoms with Gasteiger partial charge in [0.25, 0.3) is 5.91 Å². The van der Waals surface area contributed by atoms with Gasteiger partial charge in [0.1, 0.15) is 5.69 Å². The fourth-order valence-corrected chi connectivity index (χ4v) is 3.54. The third kappa shape index (κ3) is 5.54. The van der Waals surface area contributed by atoms with Gasteiger partial charge in [-0.25, -0.2) is 4.98 Å². The molecule has 4 nitrogen and oxygen atoms in total. The second-order valence-electron chi connectivity index (χ2n) is 7.61. The van der Waals surface area contributed by atoms with Crippen molar-refractivity contribution in [3.05, 3.63) is 72.3 Å². The van der Waals surface area contributed by atoms with Gasteiger partial charge in [-0.05, 0) is 42.7 Å². The first-order chi connectivity index (χ1) is 14.8. The maximum absolute atomic E-state index is 13.4. The third-order valence-corrected chi connectivity index (χ3v) is 5.16. The fraction of sp³-hybridized carbons (Fsp3) is 0.333. The predicted molar refractivity (Wildman–Crippen MR) is 115 cm³/mol. The van der Waals surface area contributed by atoms with E-state index >= 15 is 0 Å². The lowest BCUT2D eigenvalue weighted by Crippen LogP contribution is -2.33. The maximum Gasteiger partial charge on any atom is 0.417 e. The summed E-state index contributed by atoms with van der Waals surface area (Å²) in [5, 5.41) is 2.98. The zero-order valence-electron chi connectivity index (χ0n) is 17.6. The van der Waals surface area contributed by atoms with Crippen LogP contribution in [0.1, 0.15) is 55.6 Å². The Morgan fingerprint density at radius 2 is 1.90 bits per heavy atom. The summed E-state index contributed by atoms with van der Waals surface area (Å²) in [7, 11) is 0. The van der Waals surface area contributed by atoms with E-state index in [1.807, 2.05) is 6.92 Å². The van der Waals surface area contributed by atoms with Crippen LogP contribution >= 0.6 is 0 Å². The molecular formula is C24H26F3N3O. The van der Waals surface area contributed by atoms with Crippen molar-refractivity contribution in [2.45, 2.75) is 51.7 Å². The van der Waals surface area contributed by atoms with Gasteiger partial charge in [0.05, 0.1) is 18.1 Å². The van der Waals surface area contributed by atoms with E-state index in [9.17, 15) is 18.0 Å². The number of aromatic nitrogens is 2. The van der Waals surface area contributed by atoms with Crippen LogP contribution in [0, 0.1) is 0 Å². The van der Waals surface area contributed by atoms with Crippen LogP contribution in [0.3, 0.4) is 0 Å². The molecule has 0 aliphatic carbocycles. The molecule has 1 N–H and O–H groups in total. The number of unbranched alkanes of at least 4 members (excludes halogenated alkanes) is 2. The van der Waals surface area contributed by atoms with Crippen molar-refractivity contribution in [1.82, 2.24) is 14.9 Å². The molecule has 0 aliphatic heterocycles. The molecule has 7 heteroatoms. The van der Waals surface area contributed by atoms with Gasteiger partial charge in [0.15, 0.2) is 0 Å². The number of nitrogens with one attached hydrogen (secondary N) is 1. The lowest BCUT2D eigenvalue weighted by molar-refractivity contribution is -0.137. The molecule has 164 valence electrons. The standard InChI is InChI=1S/C24H26F3N3O/c1-3-4-5-9-17(2)29-23(31)22-15-28-16-30(22)19-11-8-10-18(14-19)20-12-6-7-13-21(20)24(25,26)27/h6-8,10-17H,3-5,9H2,1-2H3,(H,29,31). The number of amides is 1. The van der Waals surface area contributed by atoms with E-state index in [1.54, 1.807) is 34.9 Å². The van der Waals surface area contributed by atoms with Crippen molar-refractivity contribution < 1.29 is 18.0 Å². The highest BCUT2D eigenvalue weighted by Gasteiger charge is 2.33. The molecule has 1 aromatic heterocycles. The first-order valence-electron chi connectivity index (χ1n) is 10.4. The number of alkyl halides is 3. The molecule has 3 aromatic rings. The van der Waals surface area contributed by atoms with E-state index in [2.05, 4.69) is 17.2 Å². The number of halogens is 3. The minimum atomic E-state index is -4.46. The number of hydrogen-bond acceptors (Lipinski definition) is 2. The van der Waals surface area contributed by atoms with Gasteiger partial charge in [-0.1, -0.05) is 56.5 Å². The highest BCUT2D eigenvalue weighted by Crippen LogP contribution is 2.37. The SMILES string of the molecule is CCCCCC(C)NC(=O)c1cncn1-c1cccc(-c2ccccc2C(F)(F)F)c1. The number of carbonyl (C=O) groups excluding carboxylic acids is 1. The molecule has 1 atom stereocenters. The number of nitrogens with zero attached hydrogens (tertiary/aromatic N) is 2. The van der Waals surface area contributed by atoms with Gasteiger partial charge >= 0.3 is 6.18 Å². The first kappa shape index (κ1) is 22.6. The van der Waals surface area contributed by atoms with Crippen LogP contribution in [-0.2, 0) is 6.18 Å². The van der Waals surface area contributed by atoms with Crippen LogP contribution in [0.2, 0.25) is 0 Å². The molecule has 0 saturated carbocycles. The molecule has 0 spiro atoms. The Hall–Kier alpha value is -3.09. The molecule has 0 fully saturated rings. The van der Waals surface area contributed by atoms with E-state index in [0.717, 1.165) is 31.7 Å². The van der Waals surface area contributed by atoms with Gasteiger partial charge in [0.2, 0.25) is 0 Å². The summed E-state index contributed by atoms with van der Waals surface area (Å²) in [4.78, 5) is 16.8. The Balaban J connectivity index is 1.87. The van der Waals surface area contributed by atoms with Crippen LogP contribution in [0.5, 0.6) is 0 Å². The zero-order valence-corrected chi connectivity index (χ0v) is 17.6. The molecule has 1 heterocycles. The van der Waals surface area contributed by atoms with Crippen LogP contribution < -0.4 is 5.32 Å². The lowest BCUT2D eigenvalue weighted by atomic mass is 9.99. The summed E-state index contributed by atoms with van der Waals surface area (Å²) < 4.78 is 41.9. The predicted octanol–water partition coefficient (Wildman–Crippen LogP) is 6.26. The number of benzene rings is 2. The summed E-state index contributed by atoms with van der Waals surface area (Å²) in [5.74, 6) is -0.261. The average Bonchev–Trinajstić information content (AvgIpc) is 3.24. The van der Waals surface area contributed by atoms with Crippen molar-refractivity contribution in [2.75, 3.05) is 0 Å². The van der Waals surface area contributed by atoms with Crippen molar-refractivity contribution in [3.8, 4) is 16.8 Å². The average molecular weight is 429 g/mol. The van der Waals surface area contributed by atoms with E-state index in [-0.39, 0.29) is 17.5 Å². The monoisotopic (exact) mass is 429 g/mol. The van der Waals surface area contributed by atoms with Crippen LogP contribution in [-0.4, -0.2) is 21.5 Å². The van der Waals surface area contributed by atoms with E-state index in [0.29, 0.717) is 16.9 Å². The van der Waals surface area contributed by atoms with E-state index in [4.69, 9.17) is 0 Å². The van der Waals surface area contributed by atoms with Crippen LogP contribution in [0.15, 0.2) is 61.1 Å². The molecule has 0 aliphatic rings. The van der Waals surface area contributed by atoms with Crippen LogP contribution in [0.4, 0.5) is 13.2 Å². The summed E-state index contributed by atoms with van der Waals surface area (Å²) >= 11 is 0. The Morgan fingerprint density at radius 1 is 1.13 bits per heavy atom. The van der Waals surface area contributed by atoms with Gasteiger partial charge < -0.3 is 5.32 Å². The Kier molecular flexibility index (Phi) is 7.15. The molecular weight excluding hydrogens is 403 g/mol. The van der Waals surface area contributed by atoms with E-state index in [1.165, 1.54) is 24.7 Å². The molecule has 1 amide bonds. The molecule has 2 aromatic carbocycles. The van der Waals surface area contributed by atoms with E-state index < -0.39 is 11.7 Å². The van der Waals surface area contributed by atoms with Gasteiger partial charge in [0, 0.05) is 11.7 Å². The smallest absolute Gasteiger partial charge is 0.348 e. The van der Waals surface area contributed by atoms with Gasteiger partial charge in [-0.3, -0.25) is 9.36 Å². The minimum absolute atomic E-state index is 0.0207. The summed E-state index contributed by atoms with van der Waals surface area (Å²) in [6.07, 6.45) is 2.65. The quantitative estimate of drug-likeness (QED) is 0.430. The highest BCUT2D eigenvalue weighted by atomic mass is 19.4. The number of imidazole rings is 1. The molecule has 1 unspecified atom stereocenters. The molecule has 0 bridgehead atoms. The normalized spacial score (nSPS) is 12.5. The molecule has 3 rings (SSSR count). The first-order valence-corrected chi connectivity index (χ1v) is 10.4. The highest BCUT2D eigenvalue weighted by molar-refractivity contribution is 5.93. The summed E-state index contributed by atoms with van der Waals surface area (Å²) in [5.41, 5.74) is 0.710. The topological polar surface area (TPSA) is 46.9 Å². The van der Waals surface area contributed by atoms with Crippen molar-refractivity contribution >= 4 is 5.91 Å². The maximum atomic E-state index is 13.4. The van der Waals surface area contributed by atoms with Crippen molar-refractivity contribution in [1.29, 1.82) is 0 Å². The second kappa shape index (κ2) is 9.81. The summed E-state index contributed by atoms with van der Waals surface area (Å²) in [6.45, 7) is 4.09. The largest absolute Gasteiger partial charge is 0.417 e. The lowest BCUT2D eigenvalue weighted by Gasteiger charge is -2.16. The fourth-order valence-electron chi connectivity index (χ4n) is 3.54. The zero-order chi connectivity index (χ0) is 22.4. The Morgan fingerprint density at radius 3 is 2.65 bits per heavy atom. The Labute approximate surface area is 180 Å². The Bertz CT molecular complexity index is 1030. The third-order valence-electron chi connectivity index (χ3n) is 5.16. The number of hydrogen-bond donors (Lipinski definition) is 1.